The van der Waals surface area contributed by atoms with E-state index in [1.54, 1.807) is 18.9 Å². The maximum absolute atomic E-state index is 12.8. The Morgan fingerprint density at radius 2 is 2.16 bits per heavy atom. The number of furan rings is 2. The highest BCUT2D eigenvalue weighted by Gasteiger charge is 2.35. The van der Waals surface area contributed by atoms with Gasteiger partial charge in [-0.05, 0) is 25.0 Å². The maximum atomic E-state index is 12.8. The summed E-state index contributed by atoms with van der Waals surface area (Å²) in [5.74, 6) is 0.383. The number of ether oxygens (including phenoxy) is 1. The van der Waals surface area contributed by atoms with Gasteiger partial charge in [-0.1, -0.05) is 6.92 Å². The number of hydrogen-bond acceptors (Lipinski definition) is 5. The SMILES string of the molecule is CCc1oc(C(=O)N2CCCC2c2ccc(COC)o2)cc1C(=O)O. The molecule has 0 radical (unpaired) electrons. The monoisotopic (exact) mass is 347 g/mol. The van der Waals surface area contributed by atoms with Crippen LogP contribution in [0.5, 0.6) is 0 Å². The molecule has 1 aliphatic heterocycles. The third-order valence-electron chi connectivity index (χ3n) is 4.38. The second kappa shape index (κ2) is 7.14. The number of carboxylic acid groups (broad SMARTS) is 1. The van der Waals surface area contributed by atoms with Crippen molar-refractivity contribution in [2.24, 2.45) is 0 Å². The normalized spacial score (nSPS) is 17.2. The van der Waals surface area contributed by atoms with E-state index in [4.69, 9.17) is 13.6 Å². The number of rotatable bonds is 6. The van der Waals surface area contributed by atoms with Crippen molar-refractivity contribution in [3.05, 3.63) is 46.8 Å². The van der Waals surface area contributed by atoms with E-state index in [2.05, 4.69) is 0 Å². The molecule has 0 bridgehead atoms. The number of carbonyl (C=O) groups is 2. The summed E-state index contributed by atoms with van der Waals surface area (Å²) >= 11 is 0. The van der Waals surface area contributed by atoms with Crippen LogP contribution in [0.15, 0.2) is 27.0 Å². The molecule has 1 amide bonds. The van der Waals surface area contributed by atoms with E-state index in [9.17, 15) is 14.7 Å². The van der Waals surface area contributed by atoms with Gasteiger partial charge >= 0.3 is 5.97 Å². The molecule has 2 aromatic heterocycles. The van der Waals surface area contributed by atoms with Crippen molar-refractivity contribution in [2.45, 2.75) is 38.8 Å². The highest BCUT2D eigenvalue weighted by Crippen LogP contribution is 2.34. The van der Waals surface area contributed by atoms with Gasteiger partial charge in [-0.15, -0.1) is 0 Å². The molecule has 3 rings (SSSR count). The van der Waals surface area contributed by atoms with E-state index >= 15 is 0 Å². The first-order valence-electron chi connectivity index (χ1n) is 8.29. The number of likely N-dealkylation sites (tertiary alicyclic amines) is 1. The lowest BCUT2D eigenvalue weighted by molar-refractivity contribution is 0.0676. The predicted octanol–water partition coefficient (Wildman–Crippen LogP) is 3.26. The van der Waals surface area contributed by atoms with Gasteiger partial charge in [-0.2, -0.15) is 0 Å². The van der Waals surface area contributed by atoms with E-state index in [0.717, 1.165) is 12.8 Å². The standard InChI is InChI=1S/C18H21NO6/c1-3-14-12(18(21)22)9-16(25-14)17(20)19-8-4-5-13(19)15-7-6-11(24-15)10-23-2/h6-7,9,13H,3-5,8,10H2,1-2H3,(H,21,22). The van der Waals surface area contributed by atoms with Crippen molar-refractivity contribution < 1.29 is 28.3 Å². The number of carbonyl (C=O) groups excluding carboxylic acids is 1. The molecule has 7 nitrogen and oxygen atoms in total. The first kappa shape index (κ1) is 17.3. The minimum absolute atomic E-state index is 0.0435. The Labute approximate surface area is 145 Å². The summed E-state index contributed by atoms with van der Waals surface area (Å²) in [5.41, 5.74) is 0.0435. The molecule has 134 valence electrons. The number of methoxy groups -OCH3 is 1. The van der Waals surface area contributed by atoms with Gasteiger partial charge in [0, 0.05) is 26.1 Å². The van der Waals surface area contributed by atoms with E-state index in [1.165, 1.54) is 6.07 Å². The number of nitrogens with zero attached hydrogens (tertiary/aromatic N) is 1. The highest BCUT2D eigenvalue weighted by molar-refractivity contribution is 5.96. The van der Waals surface area contributed by atoms with Gasteiger partial charge in [0.2, 0.25) is 0 Å². The van der Waals surface area contributed by atoms with E-state index in [-0.39, 0.29) is 23.3 Å². The molecule has 0 aliphatic carbocycles. The largest absolute Gasteiger partial charge is 0.478 e. The van der Waals surface area contributed by atoms with Crippen molar-refractivity contribution >= 4 is 11.9 Å². The molecule has 1 fully saturated rings. The topological polar surface area (TPSA) is 93.1 Å². The smallest absolute Gasteiger partial charge is 0.339 e. The van der Waals surface area contributed by atoms with Crippen molar-refractivity contribution in [3.63, 3.8) is 0 Å². The lowest BCUT2D eigenvalue weighted by Gasteiger charge is -2.22. The van der Waals surface area contributed by atoms with E-state index in [1.807, 2.05) is 12.1 Å². The van der Waals surface area contributed by atoms with Gasteiger partial charge in [0.15, 0.2) is 5.76 Å². The van der Waals surface area contributed by atoms with Crippen LogP contribution < -0.4 is 0 Å². The van der Waals surface area contributed by atoms with Gasteiger partial charge in [0.25, 0.3) is 5.91 Å². The van der Waals surface area contributed by atoms with Crippen molar-refractivity contribution in [1.82, 2.24) is 4.90 Å². The van der Waals surface area contributed by atoms with E-state index in [0.29, 0.717) is 36.9 Å². The van der Waals surface area contributed by atoms with Crippen LogP contribution in [-0.2, 0) is 17.8 Å². The van der Waals surface area contributed by atoms with Gasteiger partial charge in [-0.3, -0.25) is 4.79 Å². The summed E-state index contributed by atoms with van der Waals surface area (Å²) in [5, 5.41) is 9.23. The molecule has 2 aromatic rings. The molecule has 1 aliphatic rings. The Balaban J connectivity index is 1.84. The molecular weight excluding hydrogens is 326 g/mol. The summed E-state index contributed by atoms with van der Waals surface area (Å²) in [7, 11) is 1.59. The molecule has 1 saturated heterocycles. The summed E-state index contributed by atoms with van der Waals surface area (Å²) in [6.45, 7) is 2.74. The predicted molar refractivity (Wildman–Crippen MR) is 87.5 cm³/mol. The van der Waals surface area contributed by atoms with Gasteiger partial charge in [0.1, 0.15) is 29.5 Å². The Hall–Kier alpha value is -2.54. The lowest BCUT2D eigenvalue weighted by atomic mass is 10.1. The molecule has 25 heavy (non-hydrogen) atoms. The van der Waals surface area contributed by atoms with Crippen LogP contribution in [0.4, 0.5) is 0 Å². The fourth-order valence-corrected chi connectivity index (χ4v) is 3.22. The minimum atomic E-state index is -1.09. The Bertz CT molecular complexity index is 774. The number of aromatic carboxylic acids is 1. The maximum Gasteiger partial charge on any atom is 0.339 e. The third-order valence-corrected chi connectivity index (χ3v) is 4.38. The summed E-state index contributed by atoms with van der Waals surface area (Å²) in [6, 6.07) is 4.83. The quantitative estimate of drug-likeness (QED) is 0.862. The number of carboxylic acids is 1. The molecular formula is C18H21NO6. The third kappa shape index (κ3) is 3.32. The van der Waals surface area contributed by atoms with Crippen LogP contribution in [0.3, 0.4) is 0 Å². The Kier molecular flexibility index (Phi) is 4.94. The average molecular weight is 347 g/mol. The van der Waals surface area contributed by atoms with Crippen LogP contribution >= 0.6 is 0 Å². The second-order valence-electron chi connectivity index (χ2n) is 6.00. The van der Waals surface area contributed by atoms with Crippen LogP contribution in [0.2, 0.25) is 0 Å². The molecule has 0 saturated carbocycles. The van der Waals surface area contributed by atoms with Crippen molar-refractivity contribution in [1.29, 1.82) is 0 Å². The van der Waals surface area contributed by atoms with Crippen LogP contribution in [0.25, 0.3) is 0 Å². The number of hydrogen-bond donors (Lipinski definition) is 1. The highest BCUT2D eigenvalue weighted by atomic mass is 16.5. The summed E-state index contributed by atoms with van der Waals surface area (Å²) < 4.78 is 16.3. The molecule has 1 unspecified atom stereocenters. The molecule has 7 heteroatoms. The first-order chi connectivity index (χ1) is 12.0. The minimum Gasteiger partial charge on any atom is -0.478 e. The molecule has 3 heterocycles. The fraction of sp³-hybridized carbons (Fsp3) is 0.444. The zero-order chi connectivity index (χ0) is 18.0. The van der Waals surface area contributed by atoms with Crippen molar-refractivity contribution in [3.8, 4) is 0 Å². The average Bonchev–Trinajstić information content (AvgIpc) is 3.32. The Morgan fingerprint density at radius 3 is 2.80 bits per heavy atom. The van der Waals surface area contributed by atoms with E-state index < -0.39 is 5.97 Å². The van der Waals surface area contributed by atoms with Gasteiger partial charge in [0.05, 0.1) is 6.04 Å². The first-order valence-corrected chi connectivity index (χ1v) is 8.29. The lowest BCUT2D eigenvalue weighted by Crippen LogP contribution is -2.30. The number of aryl methyl sites for hydroxylation is 1. The van der Waals surface area contributed by atoms with Crippen LogP contribution in [0, 0.1) is 0 Å². The molecule has 0 aromatic carbocycles. The second-order valence-corrected chi connectivity index (χ2v) is 6.00. The summed E-state index contributed by atoms with van der Waals surface area (Å²) in [6.07, 6.45) is 2.06. The number of amides is 1. The Morgan fingerprint density at radius 1 is 1.36 bits per heavy atom. The van der Waals surface area contributed by atoms with Gasteiger partial charge in [-0.25, -0.2) is 4.79 Å². The van der Waals surface area contributed by atoms with Crippen LogP contribution in [-0.4, -0.2) is 35.5 Å². The molecule has 0 spiro atoms. The summed E-state index contributed by atoms with van der Waals surface area (Å²) in [4.78, 5) is 25.8. The fourth-order valence-electron chi connectivity index (χ4n) is 3.22. The zero-order valence-electron chi connectivity index (χ0n) is 14.3. The van der Waals surface area contributed by atoms with Crippen molar-refractivity contribution in [2.75, 3.05) is 13.7 Å². The van der Waals surface area contributed by atoms with Crippen LogP contribution in [0.1, 0.15) is 64.0 Å². The van der Waals surface area contributed by atoms with Gasteiger partial charge < -0.3 is 23.6 Å². The zero-order valence-corrected chi connectivity index (χ0v) is 14.3. The molecule has 1 atom stereocenters. The molecule has 1 N–H and O–H groups in total.